The first-order valence-corrected chi connectivity index (χ1v) is 11.3. The molecule has 5 rings (SSSR count). The van der Waals surface area contributed by atoms with Crippen molar-refractivity contribution >= 4 is 11.6 Å². The van der Waals surface area contributed by atoms with Crippen molar-refractivity contribution in [2.45, 2.75) is 44.6 Å². The minimum absolute atomic E-state index is 0.0636. The van der Waals surface area contributed by atoms with E-state index in [4.69, 9.17) is 0 Å². The van der Waals surface area contributed by atoms with Crippen LogP contribution in [0.4, 0.5) is 5.69 Å². The van der Waals surface area contributed by atoms with Gasteiger partial charge in [-0.15, -0.1) is 10.2 Å². The molecule has 160 valence electrons. The van der Waals surface area contributed by atoms with Crippen LogP contribution in [0.3, 0.4) is 0 Å². The number of para-hydroxylation sites is 1. The van der Waals surface area contributed by atoms with Crippen molar-refractivity contribution in [3.63, 3.8) is 0 Å². The molecule has 7 heteroatoms. The van der Waals surface area contributed by atoms with Crippen LogP contribution < -0.4 is 10.2 Å². The van der Waals surface area contributed by atoms with E-state index in [0.717, 1.165) is 62.5 Å². The zero-order valence-electron chi connectivity index (χ0n) is 17.7. The summed E-state index contributed by atoms with van der Waals surface area (Å²) in [5.74, 6) is 1.43. The number of carbonyl (C=O) groups excluding carboxylic acids is 1. The number of carbonyl (C=O) groups is 1. The van der Waals surface area contributed by atoms with Gasteiger partial charge in [-0.05, 0) is 55.9 Å². The first kappa shape index (κ1) is 19.7. The number of rotatable bonds is 6. The molecule has 1 unspecified atom stereocenters. The van der Waals surface area contributed by atoms with E-state index in [9.17, 15) is 4.79 Å². The van der Waals surface area contributed by atoms with Gasteiger partial charge in [-0.2, -0.15) is 0 Å². The van der Waals surface area contributed by atoms with Crippen molar-refractivity contribution in [3.05, 3.63) is 60.2 Å². The lowest BCUT2D eigenvalue weighted by Gasteiger charge is -2.31. The third kappa shape index (κ3) is 4.04. The Morgan fingerprint density at radius 1 is 1.06 bits per heavy atom. The van der Waals surface area contributed by atoms with E-state index < -0.39 is 0 Å². The fraction of sp³-hybridized carbons (Fsp3) is 0.417. The van der Waals surface area contributed by atoms with Crippen LogP contribution in [-0.4, -0.2) is 45.3 Å². The molecule has 1 aromatic carbocycles. The summed E-state index contributed by atoms with van der Waals surface area (Å²) in [5.41, 5.74) is 3.77. The summed E-state index contributed by atoms with van der Waals surface area (Å²) >= 11 is 0. The van der Waals surface area contributed by atoms with Crippen LogP contribution in [0.5, 0.6) is 0 Å². The Balaban J connectivity index is 1.19. The highest BCUT2D eigenvalue weighted by molar-refractivity contribution is 5.83. The summed E-state index contributed by atoms with van der Waals surface area (Å²) < 4.78 is 2.09. The summed E-state index contributed by atoms with van der Waals surface area (Å²) in [6, 6.07) is 12.5. The van der Waals surface area contributed by atoms with Gasteiger partial charge in [0.25, 0.3) is 0 Å². The molecule has 0 bridgehead atoms. The van der Waals surface area contributed by atoms with E-state index in [0.29, 0.717) is 6.54 Å². The molecule has 0 fully saturated rings. The van der Waals surface area contributed by atoms with Crippen molar-refractivity contribution in [2.75, 3.05) is 24.5 Å². The molecule has 1 atom stereocenters. The molecule has 1 amide bonds. The van der Waals surface area contributed by atoms with Gasteiger partial charge in [0.15, 0.2) is 5.82 Å². The van der Waals surface area contributed by atoms with E-state index in [-0.39, 0.29) is 11.8 Å². The molecule has 0 saturated heterocycles. The maximum atomic E-state index is 12.9. The Morgan fingerprint density at radius 2 is 1.94 bits per heavy atom. The van der Waals surface area contributed by atoms with Crippen molar-refractivity contribution in [1.82, 2.24) is 25.1 Å². The summed E-state index contributed by atoms with van der Waals surface area (Å²) in [7, 11) is 0. The molecule has 2 aromatic heterocycles. The van der Waals surface area contributed by atoms with Crippen LogP contribution in [0.2, 0.25) is 0 Å². The van der Waals surface area contributed by atoms with Crippen LogP contribution >= 0.6 is 0 Å². The van der Waals surface area contributed by atoms with Crippen molar-refractivity contribution < 1.29 is 4.79 Å². The Hall–Kier alpha value is -3.22. The van der Waals surface area contributed by atoms with E-state index in [1.54, 1.807) is 12.4 Å². The van der Waals surface area contributed by atoms with Gasteiger partial charge < -0.3 is 14.8 Å². The van der Waals surface area contributed by atoms with Crippen molar-refractivity contribution in [3.8, 4) is 11.4 Å². The first-order valence-electron chi connectivity index (χ1n) is 11.3. The largest absolute Gasteiger partial charge is 0.371 e. The van der Waals surface area contributed by atoms with E-state index in [1.807, 2.05) is 12.1 Å². The zero-order valence-corrected chi connectivity index (χ0v) is 17.7. The molecule has 31 heavy (non-hydrogen) atoms. The van der Waals surface area contributed by atoms with Crippen molar-refractivity contribution in [2.24, 2.45) is 0 Å². The van der Waals surface area contributed by atoms with Crippen LogP contribution in [0.15, 0.2) is 48.8 Å². The van der Waals surface area contributed by atoms with Crippen molar-refractivity contribution in [1.29, 1.82) is 0 Å². The zero-order chi connectivity index (χ0) is 21.0. The standard InChI is InChI=1S/C24H28N6O/c31-24(26-12-5-16-29-15-3-7-18-6-1-2-9-21(18)29)20-8-4-17-30-22(27-28-23(20)30)19-10-13-25-14-11-19/h1-2,6,9-11,13-14,20H,3-5,7-8,12,15-17H2,(H,26,31). The average molecular weight is 417 g/mol. The Labute approximate surface area is 182 Å². The lowest BCUT2D eigenvalue weighted by Crippen LogP contribution is -2.36. The fourth-order valence-electron chi connectivity index (χ4n) is 4.79. The number of nitrogens with one attached hydrogen (secondary N) is 1. The highest BCUT2D eigenvalue weighted by Gasteiger charge is 2.31. The molecular formula is C24H28N6O. The normalized spacial score (nSPS) is 17.7. The average Bonchev–Trinajstić information content (AvgIpc) is 3.26. The molecule has 0 aliphatic carbocycles. The Kier molecular flexibility index (Phi) is 5.65. The summed E-state index contributed by atoms with van der Waals surface area (Å²) in [6.07, 6.45) is 8.57. The molecule has 0 saturated carbocycles. The minimum Gasteiger partial charge on any atom is -0.371 e. The number of aryl methyl sites for hydroxylation is 1. The molecule has 2 aliphatic heterocycles. The number of pyridine rings is 1. The molecule has 2 aliphatic rings. The molecule has 7 nitrogen and oxygen atoms in total. The number of hydrogen-bond donors (Lipinski definition) is 1. The maximum absolute atomic E-state index is 12.9. The SMILES string of the molecule is O=C(NCCCN1CCCc2ccccc21)C1CCCn2c(-c3ccncc3)nnc21. The second-order valence-corrected chi connectivity index (χ2v) is 8.33. The van der Waals surface area contributed by atoms with Gasteiger partial charge in [-0.1, -0.05) is 18.2 Å². The van der Waals surface area contributed by atoms with E-state index in [1.165, 1.54) is 17.7 Å². The Bertz CT molecular complexity index is 1050. The maximum Gasteiger partial charge on any atom is 0.230 e. The number of amides is 1. The smallest absolute Gasteiger partial charge is 0.230 e. The topological polar surface area (TPSA) is 75.9 Å². The molecule has 0 spiro atoms. The monoisotopic (exact) mass is 416 g/mol. The molecule has 4 heterocycles. The highest BCUT2D eigenvalue weighted by atomic mass is 16.1. The van der Waals surface area contributed by atoms with Crippen LogP contribution in [0.1, 0.15) is 43.0 Å². The lowest BCUT2D eigenvalue weighted by molar-refractivity contribution is -0.123. The number of nitrogens with zero attached hydrogens (tertiary/aromatic N) is 5. The van der Waals surface area contributed by atoms with E-state index >= 15 is 0 Å². The summed E-state index contributed by atoms with van der Waals surface area (Å²) in [5, 5.41) is 11.9. The van der Waals surface area contributed by atoms with Crippen LogP contribution in [0.25, 0.3) is 11.4 Å². The molecule has 1 N–H and O–H groups in total. The Morgan fingerprint density at radius 3 is 2.84 bits per heavy atom. The molecular weight excluding hydrogens is 388 g/mol. The number of aromatic nitrogens is 4. The summed E-state index contributed by atoms with van der Waals surface area (Å²) in [4.78, 5) is 19.5. The minimum atomic E-state index is -0.229. The lowest BCUT2D eigenvalue weighted by atomic mass is 9.97. The number of hydrogen-bond acceptors (Lipinski definition) is 5. The van der Waals surface area contributed by atoms with Crippen LogP contribution in [0, 0.1) is 0 Å². The second-order valence-electron chi connectivity index (χ2n) is 8.33. The first-order chi connectivity index (χ1) is 15.3. The fourth-order valence-corrected chi connectivity index (χ4v) is 4.79. The van der Waals surface area contributed by atoms with Gasteiger partial charge in [-0.25, -0.2) is 0 Å². The number of fused-ring (bicyclic) bond motifs is 2. The van der Waals surface area contributed by atoms with Crippen LogP contribution in [-0.2, 0) is 17.8 Å². The number of anilines is 1. The number of benzene rings is 1. The predicted octanol–water partition coefficient (Wildman–Crippen LogP) is 3.18. The van der Waals surface area contributed by atoms with Gasteiger partial charge >= 0.3 is 0 Å². The third-order valence-corrected chi connectivity index (χ3v) is 6.33. The van der Waals surface area contributed by atoms with Gasteiger partial charge in [0, 0.05) is 49.8 Å². The predicted molar refractivity (Wildman–Crippen MR) is 120 cm³/mol. The van der Waals surface area contributed by atoms with Gasteiger partial charge in [0.05, 0.1) is 5.92 Å². The molecule has 3 aromatic rings. The van der Waals surface area contributed by atoms with Gasteiger partial charge in [0.1, 0.15) is 5.82 Å². The quantitative estimate of drug-likeness (QED) is 0.625. The molecule has 0 radical (unpaired) electrons. The third-order valence-electron chi connectivity index (χ3n) is 6.33. The van der Waals surface area contributed by atoms with Gasteiger partial charge in [-0.3, -0.25) is 9.78 Å². The highest BCUT2D eigenvalue weighted by Crippen LogP contribution is 2.30. The summed E-state index contributed by atoms with van der Waals surface area (Å²) in [6.45, 7) is 3.58. The van der Waals surface area contributed by atoms with E-state index in [2.05, 4.69) is 54.2 Å². The second kappa shape index (κ2) is 8.88. The van der Waals surface area contributed by atoms with Gasteiger partial charge in [0.2, 0.25) is 5.91 Å².